The third-order valence-electron chi connectivity index (χ3n) is 3.36. The normalized spacial score (nSPS) is 16.1. The Hall–Kier alpha value is -2.25. The van der Waals surface area contributed by atoms with Gasteiger partial charge < -0.3 is 4.74 Å². The van der Waals surface area contributed by atoms with Crippen molar-refractivity contribution in [1.82, 2.24) is 10.2 Å². The number of hydrogen-bond acceptors (Lipinski definition) is 6. The number of ether oxygens (including phenoxy) is 1. The van der Waals surface area contributed by atoms with Crippen LogP contribution >= 0.6 is 22.7 Å². The van der Waals surface area contributed by atoms with Crippen molar-refractivity contribution in [3.63, 3.8) is 0 Å². The second-order valence-corrected chi connectivity index (χ2v) is 6.59. The van der Waals surface area contributed by atoms with Crippen molar-refractivity contribution in [2.75, 3.05) is 5.32 Å². The van der Waals surface area contributed by atoms with Crippen molar-refractivity contribution in [3.8, 4) is 16.3 Å². The molecule has 0 saturated heterocycles. The summed E-state index contributed by atoms with van der Waals surface area (Å²) in [4.78, 5) is 12.3. The van der Waals surface area contributed by atoms with Gasteiger partial charge in [-0.25, -0.2) is 0 Å². The topological polar surface area (TPSA) is 64.1 Å². The van der Waals surface area contributed by atoms with Crippen molar-refractivity contribution >= 4 is 33.7 Å². The number of hydrogen-bond donors (Lipinski definition) is 1. The number of rotatable bonds is 3. The molecule has 1 atom stereocenters. The number of aromatic nitrogens is 2. The van der Waals surface area contributed by atoms with Gasteiger partial charge in [0.05, 0.1) is 0 Å². The number of fused-ring (bicyclic) bond motifs is 1. The van der Waals surface area contributed by atoms with E-state index in [0.717, 1.165) is 21.9 Å². The molecule has 1 amide bonds. The average molecular weight is 329 g/mol. The van der Waals surface area contributed by atoms with Crippen LogP contribution in [0.1, 0.15) is 5.56 Å². The monoisotopic (exact) mass is 329 g/mol. The fourth-order valence-electron chi connectivity index (χ4n) is 2.29. The van der Waals surface area contributed by atoms with E-state index in [1.54, 1.807) is 11.3 Å². The lowest BCUT2D eigenvalue weighted by Gasteiger charge is -2.08. The quantitative estimate of drug-likeness (QED) is 0.801. The fourth-order valence-corrected chi connectivity index (χ4v) is 3.75. The zero-order valence-electron chi connectivity index (χ0n) is 11.4. The molecule has 3 heterocycles. The molecular weight excluding hydrogens is 318 g/mol. The third kappa shape index (κ3) is 2.49. The maximum absolute atomic E-state index is 12.3. The van der Waals surface area contributed by atoms with Gasteiger partial charge in [0.2, 0.25) is 5.13 Å². The van der Waals surface area contributed by atoms with E-state index >= 15 is 0 Å². The average Bonchev–Trinajstić information content (AvgIpc) is 3.26. The van der Waals surface area contributed by atoms with E-state index in [1.165, 1.54) is 11.3 Å². The molecule has 5 nitrogen and oxygen atoms in total. The molecule has 0 aliphatic carbocycles. The SMILES string of the molecule is O=C(Nc1nnc(-c2ccsc2)s1)[C@@H]1Cc2ccccc2O1. The maximum atomic E-state index is 12.3. The fraction of sp³-hybridized carbons (Fsp3) is 0.133. The Balaban J connectivity index is 1.45. The minimum absolute atomic E-state index is 0.191. The summed E-state index contributed by atoms with van der Waals surface area (Å²) in [6.45, 7) is 0. The smallest absolute Gasteiger partial charge is 0.267 e. The maximum Gasteiger partial charge on any atom is 0.267 e. The summed E-state index contributed by atoms with van der Waals surface area (Å²) < 4.78 is 5.67. The van der Waals surface area contributed by atoms with Gasteiger partial charge in [0.1, 0.15) is 10.8 Å². The van der Waals surface area contributed by atoms with Crippen LogP contribution in [0.25, 0.3) is 10.6 Å². The van der Waals surface area contributed by atoms with Crippen molar-refractivity contribution in [3.05, 3.63) is 46.7 Å². The summed E-state index contributed by atoms with van der Waals surface area (Å²) in [5.74, 6) is 0.586. The molecule has 0 unspecified atom stereocenters. The molecule has 0 bridgehead atoms. The zero-order valence-corrected chi connectivity index (χ0v) is 13.0. The molecule has 4 rings (SSSR count). The number of benzene rings is 1. The first kappa shape index (κ1) is 13.4. The Morgan fingerprint density at radius 2 is 2.18 bits per heavy atom. The van der Waals surface area contributed by atoms with Crippen LogP contribution in [0.15, 0.2) is 41.1 Å². The highest BCUT2D eigenvalue weighted by Gasteiger charge is 2.29. The number of nitrogens with zero attached hydrogens (tertiary/aromatic N) is 2. The number of anilines is 1. The highest BCUT2D eigenvalue weighted by molar-refractivity contribution is 7.19. The Labute approximate surface area is 134 Å². The highest BCUT2D eigenvalue weighted by atomic mass is 32.1. The van der Waals surface area contributed by atoms with Gasteiger partial charge in [-0.1, -0.05) is 29.5 Å². The number of nitrogens with one attached hydrogen (secondary N) is 1. The van der Waals surface area contributed by atoms with E-state index in [4.69, 9.17) is 4.74 Å². The van der Waals surface area contributed by atoms with Gasteiger partial charge in [0.15, 0.2) is 6.10 Å². The van der Waals surface area contributed by atoms with E-state index < -0.39 is 6.10 Å². The summed E-state index contributed by atoms with van der Waals surface area (Å²) in [7, 11) is 0. The molecule has 0 saturated carbocycles. The molecule has 0 spiro atoms. The summed E-state index contributed by atoms with van der Waals surface area (Å²) in [6, 6.07) is 9.68. The summed E-state index contributed by atoms with van der Waals surface area (Å²) in [5, 5.41) is 16.2. The number of thiophene rings is 1. The molecule has 1 aromatic carbocycles. The van der Waals surface area contributed by atoms with Crippen molar-refractivity contribution in [2.45, 2.75) is 12.5 Å². The minimum Gasteiger partial charge on any atom is -0.480 e. The van der Waals surface area contributed by atoms with Gasteiger partial charge in [-0.2, -0.15) is 11.3 Å². The van der Waals surface area contributed by atoms with E-state index in [2.05, 4.69) is 15.5 Å². The molecule has 0 radical (unpaired) electrons. The van der Waals surface area contributed by atoms with Gasteiger partial charge in [0.25, 0.3) is 5.91 Å². The van der Waals surface area contributed by atoms with Crippen LogP contribution in [0.3, 0.4) is 0 Å². The van der Waals surface area contributed by atoms with Crippen molar-refractivity contribution in [2.24, 2.45) is 0 Å². The number of para-hydroxylation sites is 1. The van der Waals surface area contributed by atoms with Crippen LogP contribution in [0.4, 0.5) is 5.13 Å². The number of carbonyl (C=O) groups is 1. The van der Waals surface area contributed by atoms with Crippen LogP contribution in [-0.4, -0.2) is 22.2 Å². The molecule has 2 aromatic heterocycles. The Morgan fingerprint density at radius 3 is 3.00 bits per heavy atom. The van der Waals surface area contributed by atoms with E-state index in [0.29, 0.717) is 11.6 Å². The van der Waals surface area contributed by atoms with E-state index in [1.807, 2.05) is 41.1 Å². The molecule has 7 heteroatoms. The van der Waals surface area contributed by atoms with E-state index in [-0.39, 0.29) is 5.91 Å². The van der Waals surface area contributed by atoms with Crippen LogP contribution < -0.4 is 10.1 Å². The van der Waals surface area contributed by atoms with Gasteiger partial charge in [-0.05, 0) is 23.1 Å². The van der Waals surface area contributed by atoms with Crippen molar-refractivity contribution in [1.29, 1.82) is 0 Å². The second kappa shape index (κ2) is 5.51. The molecule has 0 fully saturated rings. The van der Waals surface area contributed by atoms with Gasteiger partial charge >= 0.3 is 0 Å². The highest BCUT2D eigenvalue weighted by Crippen LogP contribution is 2.30. The van der Waals surface area contributed by atoms with Gasteiger partial charge in [-0.3, -0.25) is 10.1 Å². The lowest BCUT2D eigenvalue weighted by Crippen LogP contribution is -2.31. The standard InChI is InChI=1S/C15H11N3O2S2/c19-13(12-7-9-3-1-2-4-11(9)20-12)16-15-18-17-14(22-15)10-5-6-21-8-10/h1-6,8,12H,7H2,(H,16,18,19)/t12-/m0/s1. The molecule has 22 heavy (non-hydrogen) atoms. The second-order valence-electron chi connectivity index (χ2n) is 4.83. The first-order chi connectivity index (χ1) is 10.8. The third-order valence-corrected chi connectivity index (χ3v) is 4.93. The predicted molar refractivity (Wildman–Crippen MR) is 86.4 cm³/mol. The van der Waals surface area contributed by atoms with Crippen LogP contribution in [0.5, 0.6) is 5.75 Å². The molecule has 1 aliphatic heterocycles. The summed E-state index contributed by atoms with van der Waals surface area (Å²) in [5.41, 5.74) is 2.08. The lowest BCUT2D eigenvalue weighted by molar-refractivity contribution is -0.122. The van der Waals surface area contributed by atoms with Crippen LogP contribution in [0, 0.1) is 0 Å². The molecule has 3 aromatic rings. The Morgan fingerprint density at radius 1 is 1.27 bits per heavy atom. The largest absolute Gasteiger partial charge is 0.480 e. The minimum atomic E-state index is -0.508. The number of carbonyl (C=O) groups excluding carboxylic acids is 1. The molecule has 1 N–H and O–H groups in total. The van der Waals surface area contributed by atoms with Crippen LogP contribution in [-0.2, 0) is 11.2 Å². The summed E-state index contributed by atoms with van der Waals surface area (Å²) >= 11 is 2.96. The van der Waals surface area contributed by atoms with Gasteiger partial charge in [-0.15, -0.1) is 10.2 Å². The molecule has 1 aliphatic rings. The van der Waals surface area contributed by atoms with Gasteiger partial charge in [0, 0.05) is 17.4 Å². The molecule has 110 valence electrons. The Kier molecular flexibility index (Phi) is 3.36. The van der Waals surface area contributed by atoms with Crippen molar-refractivity contribution < 1.29 is 9.53 Å². The van der Waals surface area contributed by atoms with E-state index in [9.17, 15) is 4.79 Å². The summed E-state index contributed by atoms with van der Waals surface area (Å²) in [6.07, 6.45) is 0.0731. The number of amides is 1. The first-order valence-electron chi connectivity index (χ1n) is 6.71. The predicted octanol–water partition coefficient (Wildman–Crippen LogP) is 3.21. The first-order valence-corrected chi connectivity index (χ1v) is 8.47. The van der Waals surface area contributed by atoms with Crippen LogP contribution in [0.2, 0.25) is 0 Å². The Bertz CT molecular complexity index is 789. The zero-order chi connectivity index (χ0) is 14.9. The molecular formula is C15H11N3O2S2. The lowest BCUT2D eigenvalue weighted by atomic mass is 10.1.